The van der Waals surface area contributed by atoms with Crippen LogP contribution in [0.2, 0.25) is 0 Å². The fraction of sp³-hybridized carbons (Fsp3) is 0.273. The Morgan fingerprint density at radius 3 is 2.41 bits per heavy atom. The van der Waals surface area contributed by atoms with E-state index in [0.29, 0.717) is 0 Å². The lowest BCUT2D eigenvalue weighted by Crippen LogP contribution is -2.33. The maximum absolute atomic E-state index is 12.2. The van der Waals surface area contributed by atoms with Gasteiger partial charge in [0, 0.05) is 16.7 Å². The smallest absolute Gasteiger partial charge is 0.243 e. The summed E-state index contributed by atoms with van der Waals surface area (Å²) in [6.45, 7) is 3.56. The van der Waals surface area contributed by atoms with Crippen molar-refractivity contribution in [1.29, 1.82) is 0 Å². The average Bonchev–Trinajstić information content (AvgIpc) is 2.29. The molecule has 1 aromatic carbocycles. The van der Waals surface area contributed by atoms with Crippen molar-refractivity contribution in [2.24, 2.45) is 0 Å². The van der Waals surface area contributed by atoms with Gasteiger partial charge in [0.05, 0.1) is 11.5 Å². The van der Waals surface area contributed by atoms with Gasteiger partial charge in [-0.2, -0.15) is 4.31 Å². The summed E-state index contributed by atoms with van der Waals surface area (Å²) in [7, 11) is -3.54. The fourth-order valence-corrected chi connectivity index (χ4v) is 3.08. The van der Waals surface area contributed by atoms with Gasteiger partial charge < -0.3 is 5.11 Å². The summed E-state index contributed by atoms with van der Waals surface area (Å²) in [5, 5.41) is 8.88. The van der Waals surface area contributed by atoms with Crippen LogP contribution in [0.25, 0.3) is 0 Å². The van der Waals surface area contributed by atoms with Crippen molar-refractivity contribution in [3.63, 3.8) is 0 Å². The molecule has 0 atom stereocenters. The number of hydrogen-bond acceptors (Lipinski definition) is 3. The highest BCUT2D eigenvalue weighted by atomic mass is 127. The molecule has 94 valence electrons. The lowest BCUT2D eigenvalue weighted by molar-refractivity contribution is 0.260. The van der Waals surface area contributed by atoms with Crippen molar-refractivity contribution in [1.82, 2.24) is 4.31 Å². The summed E-state index contributed by atoms with van der Waals surface area (Å²) in [4.78, 5) is 0.230. The molecule has 4 nitrogen and oxygen atoms in total. The Labute approximate surface area is 115 Å². The van der Waals surface area contributed by atoms with Gasteiger partial charge in [0.25, 0.3) is 0 Å². The number of halogens is 1. The molecule has 1 rings (SSSR count). The van der Waals surface area contributed by atoms with E-state index in [4.69, 9.17) is 5.11 Å². The van der Waals surface area contributed by atoms with E-state index in [1.54, 1.807) is 24.3 Å². The predicted molar refractivity (Wildman–Crippen MR) is 75.2 cm³/mol. The Hall–Kier alpha value is -0.440. The van der Waals surface area contributed by atoms with Gasteiger partial charge in [0.1, 0.15) is 0 Å². The van der Waals surface area contributed by atoms with Gasteiger partial charge in [-0.25, -0.2) is 8.42 Å². The molecular formula is C11H14INO3S. The van der Waals surface area contributed by atoms with E-state index in [2.05, 4.69) is 29.2 Å². The van der Waals surface area contributed by atoms with E-state index >= 15 is 0 Å². The molecule has 0 amide bonds. The van der Waals surface area contributed by atoms with Crippen LogP contribution < -0.4 is 0 Å². The van der Waals surface area contributed by atoms with Crippen LogP contribution in [0.1, 0.15) is 0 Å². The van der Waals surface area contributed by atoms with Crippen molar-refractivity contribution in [3.05, 3.63) is 40.5 Å². The summed E-state index contributed by atoms with van der Waals surface area (Å²) >= 11 is 2.11. The second-order valence-electron chi connectivity index (χ2n) is 3.33. The van der Waals surface area contributed by atoms with Gasteiger partial charge in [0.2, 0.25) is 10.0 Å². The molecule has 0 saturated carbocycles. The summed E-state index contributed by atoms with van der Waals surface area (Å²) in [5.74, 6) is 0. The lowest BCUT2D eigenvalue weighted by Gasteiger charge is -2.19. The Morgan fingerprint density at radius 2 is 1.94 bits per heavy atom. The van der Waals surface area contributed by atoms with Crippen LogP contribution in [-0.4, -0.2) is 37.5 Å². The van der Waals surface area contributed by atoms with E-state index in [0.717, 1.165) is 3.57 Å². The molecule has 0 heterocycles. The molecule has 0 aliphatic rings. The topological polar surface area (TPSA) is 57.6 Å². The van der Waals surface area contributed by atoms with Crippen molar-refractivity contribution in [2.45, 2.75) is 4.90 Å². The molecule has 0 saturated heterocycles. The second kappa shape index (κ2) is 6.48. The third kappa shape index (κ3) is 3.77. The van der Waals surface area contributed by atoms with Crippen LogP contribution in [0.15, 0.2) is 41.8 Å². The molecule has 0 aliphatic heterocycles. The first kappa shape index (κ1) is 14.6. The molecule has 1 aromatic rings. The fourth-order valence-electron chi connectivity index (χ4n) is 1.32. The highest BCUT2D eigenvalue weighted by Gasteiger charge is 2.22. The average molecular weight is 367 g/mol. The molecule has 6 heteroatoms. The standard InChI is InChI=1S/C11H14INO3S/c1-2-7-13(8-9-14)17(15,16)11-5-3-10(12)4-6-11/h2-6,14H,1,7-9H2. The number of rotatable bonds is 6. The first-order valence-electron chi connectivity index (χ1n) is 5.00. The molecule has 0 spiro atoms. The van der Waals surface area contributed by atoms with Gasteiger partial charge in [-0.1, -0.05) is 6.08 Å². The number of benzene rings is 1. The zero-order valence-electron chi connectivity index (χ0n) is 9.21. The van der Waals surface area contributed by atoms with E-state index in [9.17, 15) is 8.42 Å². The van der Waals surface area contributed by atoms with Crippen molar-refractivity contribution >= 4 is 32.6 Å². The Balaban J connectivity index is 3.06. The van der Waals surface area contributed by atoms with E-state index < -0.39 is 10.0 Å². The number of aliphatic hydroxyl groups excluding tert-OH is 1. The number of hydrogen-bond donors (Lipinski definition) is 1. The van der Waals surface area contributed by atoms with Gasteiger partial charge in [-0.15, -0.1) is 6.58 Å². The normalized spacial score (nSPS) is 11.7. The second-order valence-corrected chi connectivity index (χ2v) is 6.51. The maximum atomic E-state index is 12.2. The van der Waals surface area contributed by atoms with Gasteiger partial charge in [-0.3, -0.25) is 0 Å². The minimum atomic E-state index is -3.54. The molecule has 0 aliphatic carbocycles. The van der Waals surface area contributed by atoms with Crippen LogP contribution >= 0.6 is 22.6 Å². The molecule has 0 fully saturated rings. The zero-order chi connectivity index (χ0) is 12.9. The quantitative estimate of drug-likeness (QED) is 0.612. The summed E-state index contributed by atoms with van der Waals surface area (Å²) in [5.41, 5.74) is 0. The lowest BCUT2D eigenvalue weighted by atomic mass is 10.4. The predicted octanol–water partition coefficient (Wildman–Crippen LogP) is 1.46. The van der Waals surface area contributed by atoms with E-state index in [1.807, 2.05) is 0 Å². The first-order valence-corrected chi connectivity index (χ1v) is 7.51. The minimum absolute atomic E-state index is 0.0698. The highest BCUT2D eigenvalue weighted by Crippen LogP contribution is 2.16. The third-order valence-electron chi connectivity index (χ3n) is 2.13. The summed E-state index contributed by atoms with van der Waals surface area (Å²) in [6.07, 6.45) is 1.50. The van der Waals surface area contributed by atoms with Gasteiger partial charge >= 0.3 is 0 Å². The molecule has 0 radical (unpaired) electrons. The summed E-state index contributed by atoms with van der Waals surface area (Å²) < 4.78 is 26.5. The minimum Gasteiger partial charge on any atom is -0.395 e. The van der Waals surface area contributed by atoms with Crippen molar-refractivity contribution < 1.29 is 13.5 Å². The van der Waals surface area contributed by atoms with Crippen LogP contribution in [0, 0.1) is 3.57 Å². The largest absolute Gasteiger partial charge is 0.395 e. The monoisotopic (exact) mass is 367 g/mol. The molecule has 1 N–H and O–H groups in total. The van der Waals surface area contributed by atoms with Crippen LogP contribution in [0.4, 0.5) is 0 Å². The molecule has 0 bridgehead atoms. The van der Waals surface area contributed by atoms with E-state index in [1.165, 1.54) is 10.4 Å². The Kier molecular flexibility index (Phi) is 5.57. The molecule has 17 heavy (non-hydrogen) atoms. The number of aliphatic hydroxyl groups is 1. The van der Waals surface area contributed by atoms with Crippen molar-refractivity contribution in [2.75, 3.05) is 19.7 Å². The van der Waals surface area contributed by atoms with Gasteiger partial charge in [-0.05, 0) is 46.9 Å². The SMILES string of the molecule is C=CCN(CCO)S(=O)(=O)c1ccc(I)cc1. The number of sulfonamides is 1. The molecular weight excluding hydrogens is 353 g/mol. The van der Waals surface area contributed by atoms with Gasteiger partial charge in [0.15, 0.2) is 0 Å². The summed E-state index contributed by atoms with van der Waals surface area (Å²) in [6, 6.07) is 6.59. The maximum Gasteiger partial charge on any atom is 0.243 e. The van der Waals surface area contributed by atoms with Crippen LogP contribution in [0.5, 0.6) is 0 Å². The molecule has 0 unspecified atom stereocenters. The molecule has 0 aromatic heterocycles. The Morgan fingerprint density at radius 1 is 1.35 bits per heavy atom. The first-order chi connectivity index (χ1) is 8.02. The van der Waals surface area contributed by atoms with E-state index in [-0.39, 0.29) is 24.6 Å². The third-order valence-corrected chi connectivity index (χ3v) is 4.73. The Bertz CT molecular complexity index is 470. The number of nitrogens with zero attached hydrogens (tertiary/aromatic N) is 1. The zero-order valence-corrected chi connectivity index (χ0v) is 12.2. The van der Waals surface area contributed by atoms with Crippen LogP contribution in [0.3, 0.4) is 0 Å². The highest BCUT2D eigenvalue weighted by molar-refractivity contribution is 14.1. The van der Waals surface area contributed by atoms with Crippen LogP contribution in [-0.2, 0) is 10.0 Å². The van der Waals surface area contributed by atoms with Crippen molar-refractivity contribution in [3.8, 4) is 0 Å².